The van der Waals surface area contributed by atoms with Crippen LogP contribution in [0, 0.1) is 0 Å². The van der Waals surface area contributed by atoms with Gasteiger partial charge in [0, 0.05) is 18.7 Å². The highest BCUT2D eigenvalue weighted by Gasteiger charge is 2.38. The highest BCUT2D eigenvalue weighted by Crippen LogP contribution is 2.33. The van der Waals surface area contributed by atoms with Gasteiger partial charge in [0.2, 0.25) is 5.91 Å². The standard InChI is InChI=1S/C15H17NO4/c17-14(9-11-5-3-7-20-11)16-12-6-2-1-4-10(12)8-13(16)15(18)19/h1-2,4,6,11,13H,3,5,7-9H2,(H,18,19). The van der Waals surface area contributed by atoms with Crippen molar-refractivity contribution in [2.75, 3.05) is 11.5 Å². The van der Waals surface area contributed by atoms with Crippen LogP contribution in [0.1, 0.15) is 24.8 Å². The highest BCUT2D eigenvalue weighted by molar-refractivity contribution is 6.02. The molecule has 1 N–H and O–H groups in total. The second kappa shape index (κ2) is 5.25. The Bertz CT molecular complexity index is 536. The molecule has 0 saturated carbocycles. The predicted molar refractivity (Wildman–Crippen MR) is 72.6 cm³/mol. The number of benzene rings is 1. The van der Waals surface area contributed by atoms with E-state index in [1.54, 1.807) is 0 Å². The summed E-state index contributed by atoms with van der Waals surface area (Å²) in [5.41, 5.74) is 1.64. The first-order chi connectivity index (χ1) is 9.66. The molecule has 3 rings (SSSR count). The topological polar surface area (TPSA) is 66.8 Å². The van der Waals surface area contributed by atoms with Gasteiger partial charge in [-0.3, -0.25) is 9.69 Å². The Hall–Kier alpha value is -1.88. The molecule has 1 fully saturated rings. The number of nitrogens with zero attached hydrogens (tertiary/aromatic N) is 1. The molecule has 0 aromatic heterocycles. The van der Waals surface area contributed by atoms with Crippen molar-refractivity contribution < 1.29 is 19.4 Å². The normalized spacial score (nSPS) is 24.7. The first-order valence-corrected chi connectivity index (χ1v) is 6.91. The second-order valence-electron chi connectivity index (χ2n) is 5.29. The number of ether oxygens (including phenoxy) is 1. The maximum Gasteiger partial charge on any atom is 0.327 e. The molecule has 2 aliphatic rings. The fourth-order valence-corrected chi connectivity index (χ4v) is 2.99. The van der Waals surface area contributed by atoms with E-state index < -0.39 is 12.0 Å². The van der Waals surface area contributed by atoms with Crippen molar-refractivity contribution in [3.63, 3.8) is 0 Å². The number of carbonyl (C=O) groups is 2. The third kappa shape index (κ3) is 2.29. The van der Waals surface area contributed by atoms with E-state index in [-0.39, 0.29) is 18.4 Å². The van der Waals surface area contributed by atoms with Gasteiger partial charge in [-0.1, -0.05) is 18.2 Å². The maximum absolute atomic E-state index is 12.5. The number of anilines is 1. The quantitative estimate of drug-likeness (QED) is 0.909. The summed E-state index contributed by atoms with van der Waals surface area (Å²) < 4.78 is 5.47. The molecule has 1 saturated heterocycles. The number of hydrogen-bond acceptors (Lipinski definition) is 3. The van der Waals surface area contributed by atoms with Gasteiger partial charge in [0.05, 0.1) is 12.5 Å². The van der Waals surface area contributed by atoms with Gasteiger partial charge in [-0.25, -0.2) is 4.79 Å². The number of fused-ring (bicyclic) bond motifs is 1. The minimum absolute atomic E-state index is 0.0651. The molecule has 1 aromatic rings. The second-order valence-corrected chi connectivity index (χ2v) is 5.29. The van der Waals surface area contributed by atoms with Crippen molar-refractivity contribution in [3.8, 4) is 0 Å². The lowest BCUT2D eigenvalue weighted by atomic mass is 10.1. The Kier molecular flexibility index (Phi) is 3.44. The predicted octanol–water partition coefficient (Wildman–Crippen LogP) is 1.60. The molecule has 1 amide bonds. The number of rotatable bonds is 3. The monoisotopic (exact) mass is 275 g/mol. The fourth-order valence-electron chi connectivity index (χ4n) is 2.99. The van der Waals surface area contributed by atoms with Crippen molar-refractivity contribution in [2.45, 2.75) is 37.8 Å². The molecular formula is C15H17NO4. The molecule has 0 spiro atoms. The summed E-state index contributed by atoms with van der Waals surface area (Å²) in [7, 11) is 0. The SMILES string of the molecule is O=C(O)C1Cc2ccccc2N1C(=O)CC1CCCO1. The van der Waals surface area contributed by atoms with Crippen molar-refractivity contribution in [2.24, 2.45) is 0 Å². The molecule has 0 aliphatic carbocycles. The number of hydrogen-bond donors (Lipinski definition) is 1. The van der Waals surface area contributed by atoms with Crippen LogP contribution >= 0.6 is 0 Å². The van der Waals surface area contributed by atoms with Crippen LogP contribution in [0.15, 0.2) is 24.3 Å². The maximum atomic E-state index is 12.5. The van der Waals surface area contributed by atoms with E-state index in [0.29, 0.717) is 13.0 Å². The molecule has 0 bridgehead atoms. The summed E-state index contributed by atoms with van der Waals surface area (Å²) in [6.07, 6.45) is 2.42. The summed E-state index contributed by atoms with van der Waals surface area (Å²) in [5.74, 6) is -1.11. The fraction of sp³-hybridized carbons (Fsp3) is 0.467. The van der Waals surface area contributed by atoms with E-state index in [1.165, 1.54) is 4.90 Å². The van der Waals surface area contributed by atoms with Gasteiger partial charge < -0.3 is 9.84 Å². The van der Waals surface area contributed by atoms with Gasteiger partial charge >= 0.3 is 5.97 Å². The highest BCUT2D eigenvalue weighted by atomic mass is 16.5. The Morgan fingerprint density at radius 1 is 1.35 bits per heavy atom. The zero-order chi connectivity index (χ0) is 14.1. The van der Waals surface area contributed by atoms with Crippen LogP contribution in [-0.4, -0.2) is 35.7 Å². The third-order valence-electron chi connectivity index (χ3n) is 3.96. The van der Waals surface area contributed by atoms with Crippen LogP contribution in [0.25, 0.3) is 0 Å². The minimum Gasteiger partial charge on any atom is -0.480 e. The number of carbonyl (C=O) groups excluding carboxylic acids is 1. The minimum atomic E-state index is -0.957. The van der Waals surface area contributed by atoms with Gasteiger partial charge in [-0.15, -0.1) is 0 Å². The van der Waals surface area contributed by atoms with E-state index in [9.17, 15) is 14.7 Å². The Balaban J connectivity index is 1.84. The van der Waals surface area contributed by atoms with Crippen molar-refractivity contribution >= 4 is 17.6 Å². The number of para-hydroxylation sites is 1. The number of carboxylic acid groups (broad SMARTS) is 1. The number of amides is 1. The average molecular weight is 275 g/mol. The van der Waals surface area contributed by atoms with E-state index in [0.717, 1.165) is 24.1 Å². The number of carboxylic acids is 1. The van der Waals surface area contributed by atoms with E-state index in [1.807, 2.05) is 24.3 Å². The van der Waals surface area contributed by atoms with Crippen LogP contribution in [0.4, 0.5) is 5.69 Å². The number of aliphatic carboxylic acids is 1. The Labute approximate surface area is 117 Å². The van der Waals surface area contributed by atoms with Crippen LogP contribution in [0.3, 0.4) is 0 Å². The van der Waals surface area contributed by atoms with Crippen molar-refractivity contribution in [1.82, 2.24) is 0 Å². The zero-order valence-corrected chi connectivity index (χ0v) is 11.1. The van der Waals surface area contributed by atoms with E-state index >= 15 is 0 Å². The summed E-state index contributed by atoms with van der Waals surface area (Å²) in [6, 6.07) is 6.60. The van der Waals surface area contributed by atoms with Crippen molar-refractivity contribution in [1.29, 1.82) is 0 Å². The zero-order valence-electron chi connectivity index (χ0n) is 11.1. The van der Waals surface area contributed by atoms with E-state index in [2.05, 4.69) is 0 Å². The van der Waals surface area contributed by atoms with Gasteiger partial charge in [0.25, 0.3) is 0 Å². The molecule has 106 valence electrons. The molecule has 5 nitrogen and oxygen atoms in total. The molecule has 2 unspecified atom stereocenters. The summed E-state index contributed by atoms with van der Waals surface area (Å²) >= 11 is 0. The van der Waals surface area contributed by atoms with Crippen molar-refractivity contribution in [3.05, 3.63) is 29.8 Å². The van der Waals surface area contributed by atoms with Gasteiger partial charge in [0.15, 0.2) is 0 Å². The molecular weight excluding hydrogens is 258 g/mol. The van der Waals surface area contributed by atoms with E-state index in [4.69, 9.17) is 4.74 Å². The summed E-state index contributed by atoms with van der Waals surface area (Å²) in [4.78, 5) is 25.3. The first-order valence-electron chi connectivity index (χ1n) is 6.91. The molecule has 2 heterocycles. The van der Waals surface area contributed by atoms with Crippen LogP contribution in [-0.2, 0) is 20.7 Å². The molecule has 2 aliphatic heterocycles. The average Bonchev–Trinajstić information content (AvgIpc) is 3.04. The smallest absolute Gasteiger partial charge is 0.327 e. The lowest BCUT2D eigenvalue weighted by Gasteiger charge is -2.24. The summed E-state index contributed by atoms with van der Waals surface area (Å²) in [6.45, 7) is 0.691. The van der Waals surface area contributed by atoms with Crippen LogP contribution < -0.4 is 4.90 Å². The van der Waals surface area contributed by atoms with Gasteiger partial charge in [-0.05, 0) is 24.5 Å². The Morgan fingerprint density at radius 3 is 2.85 bits per heavy atom. The third-order valence-corrected chi connectivity index (χ3v) is 3.96. The molecule has 5 heteroatoms. The largest absolute Gasteiger partial charge is 0.480 e. The summed E-state index contributed by atoms with van der Waals surface area (Å²) in [5, 5.41) is 9.34. The Morgan fingerprint density at radius 2 is 2.15 bits per heavy atom. The first kappa shape index (κ1) is 13.1. The molecule has 1 aromatic carbocycles. The molecule has 2 atom stereocenters. The molecule has 20 heavy (non-hydrogen) atoms. The lowest BCUT2D eigenvalue weighted by molar-refractivity contribution is -0.140. The molecule has 0 radical (unpaired) electrons. The van der Waals surface area contributed by atoms with Gasteiger partial charge in [0.1, 0.15) is 6.04 Å². The van der Waals surface area contributed by atoms with Crippen LogP contribution in [0.5, 0.6) is 0 Å². The lowest BCUT2D eigenvalue weighted by Crippen LogP contribution is -2.43. The van der Waals surface area contributed by atoms with Crippen LogP contribution in [0.2, 0.25) is 0 Å². The van der Waals surface area contributed by atoms with Gasteiger partial charge in [-0.2, -0.15) is 0 Å².